The number of aliphatic carboxylic acids is 1. The van der Waals surface area contributed by atoms with E-state index < -0.39 is 17.8 Å². The van der Waals surface area contributed by atoms with Crippen molar-refractivity contribution < 1.29 is 19.1 Å². The normalized spacial score (nSPS) is 11.9. The van der Waals surface area contributed by atoms with Gasteiger partial charge in [0.25, 0.3) is 0 Å². The average Bonchev–Trinajstić information content (AvgIpc) is 2.21. The van der Waals surface area contributed by atoms with Crippen LogP contribution in [0.1, 0.15) is 18.0 Å². The van der Waals surface area contributed by atoms with Crippen molar-refractivity contribution in [2.45, 2.75) is 12.5 Å². The summed E-state index contributed by atoms with van der Waals surface area (Å²) in [4.78, 5) is 20.9. The highest BCUT2D eigenvalue weighted by atomic mass is 35.5. The minimum absolute atomic E-state index is 0.111. The smallest absolute Gasteiger partial charge is 0.305 e. The second-order valence-corrected chi connectivity index (χ2v) is 3.52. The van der Waals surface area contributed by atoms with Gasteiger partial charge in [-0.1, -0.05) is 17.7 Å². The highest BCUT2D eigenvalue weighted by Gasteiger charge is 2.15. The fourth-order valence-corrected chi connectivity index (χ4v) is 1.45. The van der Waals surface area contributed by atoms with Crippen molar-refractivity contribution in [1.82, 2.24) is 5.32 Å². The topological polar surface area (TPSA) is 66.4 Å². The first-order chi connectivity index (χ1) is 7.54. The van der Waals surface area contributed by atoms with Gasteiger partial charge < -0.3 is 10.4 Å². The number of benzene rings is 1. The molecule has 0 aromatic heterocycles. The van der Waals surface area contributed by atoms with Gasteiger partial charge in [0.15, 0.2) is 0 Å². The lowest BCUT2D eigenvalue weighted by molar-refractivity contribution is -0.137. The monoisotopic (exact) mass is 245 g/mol. The third-order valence-corrected chi connectivity index (χ3v) is 2.28. The van der Waals surface area contributed by atoms with Gasteiger partial charge in [0, 0.05) is 0 Å². The summed E-state index contributed by atoms with van der Waals surface area (Å²) in [6, 6.07) is 3.08. The molecule has 0 aliphatic carbocycles. The van der Waals surface area contributed by atoms with E-state index >= 15 is 0 Å². The van der Waals surface area contributed by atoms with Crippen molar-refractivity contribution in [2.24, 2.45) is 0 Å². The predicted molar refractivity (Wildman–Crippen MR) is 55.6 cm³/mol. The molecule has 1 atom stereocenters. The number of rotatable bonds is 5. The van der Waals surface area contributed by atoms with E-state index in [1.54, 1.807) is 0 Å². The first-order valence-corrected chi connectivity index (χ1v) is 4.79. The first-order valence-electron chi connectivity index (χ1n) is 4.41. The SMILES string of the molecule is O=CNC(CC(=O)O)c1ccc(F)c(Cl)c1. The molecule has 1 aromatic carbocycles. The van der Waals surface area contributed by atoms with Crippen LogP contribution in [0.15, 0.2) is 18.2 Å². The molecule has 16 heavy (non-hydrogen) atoms. The Morgan fingerprint density at radius 1 is 1.62 bits per heavy atom. The second-order valence-electron chi connectivity index (χ2n) is 3.11. The minimum Gasteiger partial charge on any atom is -0.481 e. The van der Waals surface area contributed by atoms with Crippen molar-refractivity contribution in [3.05, 3.63) is 34.6 Å². The zero-order valence-electron chi connectivity index (χ0n) is 8.11. The van der Waals surface area contributed by atoms with Crippen LogP contribution in [0.5, 0.6) is 0 Å². The van der Waals surface area contributed by atoms with E-state index in [0.29, 0.717) is 12.0 Å². The highest BCUT2D eigenvalue weighted by molar-refractivity contribution is 6.30. The molecular formula is C10H9ClFNO3. The summed E-state index contributed by atoms with van der Waals surface area (Å²) in [5.41, 5.74) is 0.445. The molecule has 1 rings (SSSR count). The largest absolute Gasteiger partial charge is 0.481 e. The number of carbonyl (C=O) groups is 2. The third-order valence-electron chi connectivity index (χ3n) is 1.99. The quantitative estimate of drug-likeness (QED) is 0.777. The zero-order chi connectivity index (χ0) is 12.1. The maximum absolute atomic E-state index is 12.9. The molecule has 1 aromatic rings. The summed E-state index contributed by atoms with van der Waals surface area (Å²) in [6.45, 7) is 0. The number of carbonyl (C=O) groups excluding carboxylic acids is 1. The van der Waals surface area contributed by atoms with Gasteiger partial charge in [0.1, 0.15) is 5.82 Å². The number of nitrogens with one attached hydrogen (secondary N) is 1. The van der Waals surface area contributed by atoms with Gasteiger partial charge >= 0.3 is 5.97 Å². The third kappa shape index (κ3) is 3.20. The van der Waals surface area contributed by atoms with Crippen LogP contribution in [0.2, 0.25) is 5.02 Å². The Balaban J connectivity index is 2.95. The Bertz CT molecular complexity index is 411. The van der Waals surface area contributed by atoms with E-state index in [-0.39, 0.29) is 11.4 Å². The van der Waals surface area contributed by atoms with Crippen molar-refractivity contribution in [1.29, 1.82) is 0 Å². The number of carboxylic acid groups (broad SMARTS) is 1. The average molecular weight is 246 g/mol. The number of halogens is 2. The van der Waals surface area contributed by atoms with Gasteiger partial charge in [0.05, 0.1) is 17.5 Å². The lowest BCUT2D eigenvalue weighted by Crippen LogP contribution is -2.22. The molecule has 0 spiro atoms. The molecule has 0 heterocycles. The van der Waals surface area contributed by atoms with Crippen LogP contribution in [-0.4, -0.2) is 17.5 Å². The summed E-state index contributed by atoms with van der Waals surface area (Å²) >= 11 is 5.56. The molecule has 0 radical (unpaired) electrons. The van der Waals surface area contributed by atoms with Crippen molar-refractivity contribution in [3.8, 4) is 0 Å². The lowest BCUT2D eigenvalue weighted by Gasteiger charge is -2.14. The van der Waals surface area contributed by atoms with Crippen molar-refractivity contribution in [2.75, 3.05) is 0 Å². The minimum atomic E-state index is -1.07. The zero-order valence-corrected chi connectivity index (χ0v) is 8.87. The number of amides is 1. The lowest BCUT2D eigenvalue weighted by atomic mass is 10.0. The van der Waals surface area contributed by atoms with Crippen LogP contribution < -0.4 is 5.32 Å². The Morgan fingerprint density at radius 2 is 2.31 bits per heavy atom. The van der Waals surface area contributed by atoms with Gasteiger partial charge in [-0.2, -0.15) is 0 Å². The molecule has 0 aliphatic heterocycles. The predicted octanol–water partition coefficient (Wildman–Crippen LogP) is 1.74. The summed E-state index contributed by atoms with van der Waals surface area (Å²) in [6.07, 6.45) is 0.103. The molecule has 0 aliphatic rings. The van der Waals surface area contributed by atoms with E-state index in [1.807, 2.05) is 0 Å². The Hall–Kier alpha value is -1.62. The van der Waals surface area contributed by atoms with Crippen LogP contribution in [0.3, 0.4) is 0 Å². The molecule has 4 nitrogen and oxygen atoms in total. The molecule has 2 N–H and O–H groups in total. The molecule has 1 unspecified atom stereocenters. The number of hydrogen-bond acceptors (Lipinski definition) is 2. The van der Waals surface area contributed by atoms with E-state index in [4.69, 9.17) is 16.7 Å². The Labute approximate surface area is 96.0 Å². The van der Waals surface area contributed by atoms with Crippen LogP contribution >= 0.6 is 11.6 Å². The summed E-state index contributed by atoms with van der Waals surface area (Å²) < 4.78 is 12.9. The summed E-state index contributed by atoms with van der Waals surface area (Å²) in [5, 5.41) is 10.9. The summed E-state index contributed by atoms with van der Waals surface area (Å²) in [7, 11) is 0. The van der Waals surface area contributed by atoms with Gasteiger partial charge in [-0.15, -0.1) is 0 Å². The van der Waals surface area contributed by atoms with Crippen LogP contribution in [-0.2, 0) is 9.59 Å². The van der Waals surface area contributed by atoms with Gasteiger partial charge in [-0.05, 0) is 17.7 Å². The Kier molecular flexibility index (Phi) is 4.25. The van der Waals surface area contributed by atoms with Crippen molar-refractivity contribution in [3.63, 3.8) is 0 Å². The molecule has 0 bridgehead atoms. The molecular weight excluding hydrogens is 237 g/mol. The Morgan fingerprint density at radius 3 is 2.81 bits per heavy atom. The van der Waals surface area contributed by atoms with Crippen LogP contribution in [0, 0.1) is 5.82 Å². The maximum Gasteiger partial charge on any atom is 0.305 e. The van der Waals surface area contributed by atoms with E-state index in [9.17, 15) is 14.0 Å². The maximum atomic E-state index is 12.9. The van der Waals surface area contributed by atoms with E-state index in [1.165, 1.54) is 12.1 Å². The highest BCUT2D eigenvalue weighted by Crippen LogP contribution is 2.22. The molecule has 0 fully saturated rings. The summed E-state index contributed by atoms with van der Waals surface area (Å²) in [5.74, 6) is -1.66. The van der Waals surface area contributed by atoms with E-state index in [2.05, 4.69) is 5.32 Å². The molecule has 86 valence electrons. The van der Waals surface area contributed by atoms with Gasteiger partial charge in [0.2, 0.25) is 6.41 Å². The van der Waals surface area contributed by atoms with Crippen LogP contribution in [0.4, 0.5) is 4.39 Å². The van der Waals surface area contributed by atoms with Gasteiger partial charge in [-0.3, -0.25) is 9.59 Å². The molecule has 0 saturated heterocycles. The first kappa shape index (κ1) is 12.4. The number of hydrogen-bond donors (Lipinski definition) is 2. The fourth-order valence-electron chi connectivity index (χ4n) is 1.26. The standard InChI is InChI=1S/C10H9ClFNO3/c11-7-3-6(1-2-8(7)12)9(13-5-14)4-10(15)16/h1-3,5,9H,4H2,(H,13,14)(H,15,16). The molecule has 1 amide bonds. The van der Waals surface area contributed by atoms with Crippen LogP contribution in [0.25, 0.3) is 0 Å². The number of carboxylic acids is 1. The fraction of sp³-hybridized carbons (Fsp3) is 0.200. The second kappa shape index (κ2) is 5.46. The van der Waals surface area contributed by atoms with Gasteiger partial charge in [-0.25, -0.2) is 4.39 Å². The molecule has 0 saturated carbocycles. The van der Waals surface area contributed by atoms with Crippen molar-refractivity contribution >= 4 is 24.0 Å². The van der Waals surface area contributed by atoms with E-state index in [0.717, 1.165) is 6.07 Å². The molecule has 6 heteroatoms.